The summed E-state index contributed by atoms with van der Waals surface area (Å²) in [5.41, 5.74) is 0. The molecule has 0 spiro atoms. The Morgan fingerprint density at radius 1 is 1.57 bits per heavy atom. The van der Waals surface area contributed by atoms with E-state index in [1.54, 1.807) is 0 Å². The van der Waals surface area contributed by atoms with Crippen molar-refractivity contribution in [3.05, 3.63) is 0 Å². The summed E-state index contributed by atoms with van der Waals surface area (Å²) in [5.74, 6) is 0. The third-order valence-corrected chi connectivity index (χ3v) is 3.37. The first-order valence-corrected chi connectivity index (χ1v) is 5.70. The van der Waals surface area contributed by atoms with Crippen LogP contribution in [-0.4, -0.2) is 62.7 Å². The Morgan fingerprint density at radius 3 is 2.86 bits per heavy atom. The fraction of sp³-hybridized carbons (Fsp3) is 1.00. The van der Waals surface area contributed by atoms with Gasteiger partial charge in [-0.15, -0.1) is 0 Å². The van der Waals surface area contributed by atoms with Crippen LogP contribution in [0.25, 0.3) is 0 Å². The Morgan fingerprint density at radius 2 is 2.29 bits per heavy atom. The van der Waals surface area contributed by atoms with Gasteiger partial charge in [0, 0.05) is 25.2 Å². The van der Waals surface area contributed by atoms with E-state index in [-0.39, 0.29) is 0 Å². The van der Waals surface area contributed by atoms with E-state index in [4.69, 9.17) is 0 Å². The Labute approximate surface area is 88.5 Å². The number of piperidine rings is 1. The molecular formula is C11H25N3. The lowest BCUT2D eigenvalue weighted by molar-refractivity contribution is 0.105. The summed E-state index contributed by atoms with van der Waals surface area (Å²) in [6, 6.07) is 1.38. The van der Waals surface area contributed by atoms with Gasteiger partial charge in [0.2, 0.25) is 0 Å². The van der Waals surface area contributed by atoms with Crippen molar-refractivity contribution in [2.45, 2.75) is 31.8 Å². The number of nitrogens with zero attached hydrogens (tertiary/aromatic N) is 2. The topological polar surface area (TPSA) is 18.5 Å². The minimum atomic E-state index is 0.636. The van der Waals surface area contributed by atoms with Gasteiger partial charge < -0.3 is 10.2 Å². The fourth-order valence-corrected chi connectivity index (χ4v) is 2.27. The number of hydrogen-bond donors (Lipinski definition) is 1. The van der Waals surface area contributed by atoms with Gasteiger partial charge in [0.25, 0.3) is 0 Å². The second-order valence-electron chi connectivity index (χ2n) is 4.63. The molecule has 0 aliphatic carbocycles. The summed E-state index contributed by atoms with van der Waals surface area (Å²) in [7, 11) is 6.51. The van der Waals surface area contributed by atoms with Crippen molar-refractivity contribution < 1.29 is 0 Å². The molecule has 0 saturated carbocycles. The number of nitrogens with one attached hydrogen (secondary N) is 1. The molecule has 0 aromatic rings. The predicted octanol–water partition coefficient (Wildman–Crippen LogP) is 0.620. The average Bonchev–Trinajstić information content (AvgIpc) is 2.17. The van der Waals surface area contributed by atoms with E-state index in [9.17, 15) is 0 Å². The molecule has 1 aliphatic heterocycles. The number of likely N-dealkylation sites (N-methyl/N-ethyl adjacent to an activating group) is 3. The first-order chi connectivity index (χ1) is 6.65. The van der Waals surface area contributed by atoms with Gasteiger partial charge in [0.1, 0.15) is 0 Å². The summed E-state index contributed by atoms with van der Waals surface area (Å²) >= 11 is 0. The van der Waals surface area contributed by atoms with Crippen molar-refractivity contribution in [1.82, 2.24) is 15.1 Å². The molecule has 14 heavy (non-hydrogen) atoms. The van der Waals surface area contributed by atoms with Crippen LogP contribution in [0.5, 0.6) is 0 Å². The second kappa shape index (κ2) is 5.69. The van der Waals surface area contributed by atoms with E-state index in [0.29, 0.717) is 6.04 Å². The SMILES string of the molecule is CNCC(C)N(C)C1CCCN(C)C1. The molecular weight excluding hydrogens is 174 g/mol. The van der Waals surface area contributed by atoms with Gasteiger partial charge in [-0.3, -0.25) is 4.90 Å². The Kier molecular flexibility index (Phi) is 4.85. The van der Waals surface area contributed by atoms with E-state index >= 15 is 0 Å². The number of rotatable bonds is 4. The zero-order valence-electron chi connectivity index (χ0n) is 10.1. The highest BCUT2D eigenvalue weighted by atomic mass is 15.2. The highest BCUT2D eigenvalue weighted by molar-refractivity contribution is 4.80. The van der Waals surface area contributed by atoms with Gasteiger partial charge in [0.15, 0.2) is 0 Å². The van der Waals surface area contributed by atoms with Crippen LogP contribution in [0.3, 0.4) is 0 Å². The molecule has 84 valence electrons. The third kappa shape index (κ3) is 3.23. The molecule has 3 heteroatoms. The van der Waals surface area contributed by atoms with Crippen molar-refractivity contribution in [2.75, 3.05) is 40.8 Å². The number of hydrogen-bond acceptors (Lipinski definition) is 3. The van der Waals surface area contributed by atoms with Gasteiger partial charge in [-0.25, -0.2) is 0 Å². The van der Waals surface area contributed by atoms with Crippen LogP contribution >= 0.6 is 0 Å². The molecule has 1 fully saturated rings. The van der Waals surface area contributed by atoms with E-state index in [1.807, 2.05) is 7.05 Å². The lowest BCUT2D eigenvalue weighted by Crippen LogP contribution is -2.50. The Balaban J connectivity index is 2.38. The maximum atomic E-state index is 3.24. The zero-order valence-corrected chi connectivity index (χ0v) is 10.1. The smallest absolute Gasteiger partial charge is 0.0223 e. The summed E-state index contributed by atoms with van der Waals surface area (Å²) in [4.78, 5) is 4.96. The molecule has 2 atom stereocenters. The van der Waals surface area contributed by atoms with E-state index < -0.39 is 0 Å². The van der Waals surface area contributed by atoms with Crippen LogP contribution in [0.15, 0.2) is 0 Å². The largest absolute Gasteiger partial charge is 0.318 e. The third-order valence-electron chi connectivity index (χ3n) is 3.37. The molecule has 3 nitrogen and oxygen atoms in total. The van der Waals surface area contributed by atoms with Crippen molar-refractivity contribution >= 4 is 0 Å². The lowest BCUT2D eigenvalue weighted by atomic mass is 10.0. The quantitative estimate of drug-likeness (QED) is 0.716. The Hall–Kier alpha value is -0.120. The minimum absolute atomic E-state index is 0.636. The molecule has 0 aromatic carbocycles. The van der Waals surface area contributed by atoms with Gasteiger partial charge >= 0.3 is 0 Å². The van der Waals surface area contributed by atoms with Crippen LogP contribution < -0.4 is 5.32 Å². The molecule has 0 amide bonds. The normalized spacial score (nSPS) is 26.8. The maximum Gasteiger partial charge on any atom is 0.0223 e. The highest BCUT2D eigenvalue weighted by Gasteiger charge is 2.23. The molecule has 1 heterocycles. The zero-order chi connectivity index (χ0) is 10.6. The lowest BCUT2D eigenvalue weighted by Gasteiger charge is -2.38. The van der Waals surface area contributed by atoms with Crippen LogP contribution in [0.4, 0.5) is 0 Å². The van der Waals surface area contributed by atoms with Crippen LogP contribution in [0.1, 0.15) is 19.8 Å². The van der Waals surface area contributed by atoms with Crippen LogP contribution in [-0.2, 0) is 0 Å². The molecule has 1 saturated heterocycles. The van der Waals surface area contributed by atoms with E-state index in [1.165, 1.54) is 25.9 Å². The van der Waals surface area contributed by atoms with E-state index in [0.717, 1.165) is 12.6 Å². The number of likely N-dealkylation sites (tertiary alicyclic amines) is 1. The second-order valence-corrected chi connectivity index (χ2v) is 4.63. The first kappa shape index (κ1) is 12.0. The van der Waals surface area contributed by atoms with Gasteiger partial charge in [-0.2, -0.15) is 0 Å². The monoisotopic (exact) mass is 199 g/mol. The van der Waals surface area contributed by atoms with Crippen molar-refractivity contribution in [1.29, 1.82) is 0 Å². The summed E-state index contributed by atoms with van der Waals surface area (Å²) in [6.07, 6.45) is 2.70. The summed E-state index contributed by atoms with van der Waals surface area (Å²) in [5, 5.41) is 3.24. The fourth-order valence-electron chi connectivity index (χ4n) is 2.27. The maximum absolute atomic E-state index is 3.24. The van der Waals surface area contributed by atoms with Crippen LogP contribution in [0, 0.1) is 0 Å². The van der Waals surface area contributed by atoms with Crippen molar-refractivity contribution in [3.63, 3.8) is 0 Å². The predicted molar refractivity (Wildman–Crippen MR) is 61.7 cm³/mol. The van der Waals surface area contributed by atoms with Crippen molar-refractivity contribution in [3.8, 4) is 0 Å². The minimum Gasteiger partial charge on any atom is -0.318 e. The molecule has 1 aliphatic rings. The highest BCUT2D eigenvalue weighted by Crippen LogP contribution is 2.15. The van der Waals surface area contributed by atoms with Gasteiger partial charge in [-0.05, 0) is 47.5 Å². The molecule has 0 aromatic heterocycles. The van der Waals surface area contributed by atoms with Crippen molar-refractivity contribution in [2.24, 2.45) is 0 Å². The van der Waals surface area contributed by atoms with Gasteiger partial charge in [0.05, 0.1) is 0 Å². The summed E-state index contributed by atoms with van der Waals surface area (Å²) in [6.45, 7) is 5.87. The molecule has 0 radical (unpaired) electrons. The molecule has 1 N–H and O–H groups in total. The van der Waals surface area contributed by atoms with Crippen LogP contribution in [0.2, 0.25) is 0 Å². The average molecular weight is 199 g/mol. The van der Waals surface area contributed by atoms with Gasteiger partial charge in [-0.1, -0.05) is 0 Å². The molecule has 1 rings (SSSR count). The molecule has 0 bridgehead atoms. The molecule has 2 unspecified atom stereocenters. The summed E-state index contributed by atoms with van der Waals surface area (Å²) < 4.78 is 0. The Bertz CT molecular complexity index is 161. The van der Waals surface area contributed by atoms with E-state index in [2.05, 4.69) is 36.1 Å². The first-order valence-electron chi connectivity index (χ1n) is 5.70. The standard InChI is InChI=1S/C11H25N3/c1-10(8-12-2)14(4)11-6-5-7-13(3)9-11/h10-12H,5-9H2,1-4H3.